The number of amides is 2. The van der Waals surface area contributed by atoms with Gasteiger partial charge in [0.05, 0.1) is 0 Å². The number of ether oxygens (including phenoxy) is 1. The topological polar surface area (TPSA) is 87.7 Å². The molecule has 1 unspecified atom stereocenters. The van der Waals surface area contributed by atoms with Gasteiger partial charge in [-0.2, -0.15) is 0 Å². The number of aliphatic carboxylic acids is 1. The van der Waals surface area contributed by atoms with E-state index in [1.165, 1.54) is 0 Å². The standard InChI is InChI=1S/C13H24N2O4/c1-3-4-10(11(16)17)15-12(18)14-9-13(5-6-13)7-8-19-2/h10H,3-9H2,1-2H3,(H,16,17)(H2,14,15,18). The van der Waals surface area contributed by atoms with Gasteiger partial charge >= 0.3 is 12.0 Å². The van der Waals surface area contributed by atoms with Crippen molar-refractivity contribution in [1.29, 1.82) is 0 Å². The molecule has 0 aromatic rings. The first kappa shape index (κ1) is 15.8. The molecule has 110 valence electrons. The summed E-state index contributed by atoms with van der Waals surface area (Å²) < 4.78 is 5.05. The van der Waals surface area contributed by atoms with E-state index in [1.54, 1.807) is 7.11 Å². The van der Waals surface area contributed by atoms with Crippen LogP contribution in [0.5, 0.6) is 0 Å². The molecule has 0 aromatic heterocycles. The number of methoxy groups -OCH3 is 1. The Kier molecular flexibility index (Phi) is 6.08. The van der Waals surface area contributed by atoms with Gasteiger partial charge in [0.25, 0.3) is 0 Å². The van der Waals surface area contributed by atoms with Crippen LogP contribution in [0, 0.1) is 5.41 Å². The van der Waals surface area contributed by atoms with Gasteiger partial charge in [-0.25, -0.2) is 9.59 Å². The third-order valence-electron chi connectivity index (χ3n) is 3.60. The minimum atomic E-state index is -0.988. The minimum Gasteiger partial charge on any atom is -0.480 e. The smallest absolute Gasteiger partial charge is 0.326 e. The molecule has 0 aliphatic heterocycles. The predicted molar refractivity (Wildman–Crippen MR) is 71.0 cm³/mol. The second kappa shape index (κ2) is 7.33. The van der Waals surface area contributed by atoms with Crippen LogP contribution in [0.15, 0.2) is 0 Å². The van der Waals surface area contributed by atoms with Crippen LogP contribution in [-0.2, 0) is 9.53 Å². The lowest BCUT2D eigenvalue weighted by atomic mass is 10.0. The fourth-order valence-corrected chi connectivity index (χ4v) is 2.03. The van der Waals surface area contributed by atoms with Crippen LogP contribution in [0.3, 0.4) is 0 Å². The second-order valence-electron chi connectivity index (χ2n) is 5.25. The minimum absolute atomic E-state index is 0.164. The van der Waals surface area contributed by atoms with Crippen molar-refractivity contribution in [2.24, 2.45) is 5.41 Å². The Morgan fingerprint density at radius 3 is 2.58 bits per heavy atom. The van der Waals surface area contributed by atoms with E-state index in [1.807, 2.05) is 6.92 Å². The third kappa shape index (κ3) is 5.46. The van der Waals surface area contributed by atoms with Gasteiger partial charge in [0.15, 0.2) is 0 Å². The van der Waals surface area contributed by atoms with Gasteiger partial charge in [-0.05, 0) is 31.1 Å². The van der Waals surface area contributed by atoms with E-state index >= 15 is 0 Å². The summed E-state index contributed by atoms with van der Waals surface area (Å²) in [5, 5.41) is 14.2. The van der Waals surface area contributed by atoms with Crippen molar-refractivity contribution in [2.75, 3.05) is 20.3 Å². The first-order valence-corrected chi connectivity index (χ1v) is 6.79. The highest BCUT2D eigenvalue weighted by molar-refractivity contribution is 5.82. The van der Waals surface area contributed by atoms with Gasteiger partial charge in [-0.1, -0.05) is 13.3 Å². The predicted octanol–water partition coefficient (Wildman–Crippen LogP) is 1.36. The van der Waals surface area contributed by atoms with E-state index in [9.17, 15) is 9.59 Å². The summed E-state index contributed by atoms with van der Waals surface area (Å²) >= 11 is 0. The Morgan fingerprint density at radius 2 is 2.11 bits per heavy atom. The van der Waals surface area contributed by atoms with Gasteiger partial charge in [0, 0.05) is 20.3 Å². The fraction of sp³-hybridized carbons (Fsp3) is 0.846. The summed E-state index contributed by atoms with van der Waals surface area (Å²) in [5.41, 5.74) is 0.164. The van der Waals surface area contributed by atoms with Gasteiger partial charge < -0.3 is 20.5 Å². The molecule has 2 amide bonds. The van der Waals surface area contributed by atoms with Gasteiger partial charge in [0.2, 0.25) is 0 Å². The molecular weight excluding hydrogens is 248 g/mol. The molecule has 6 nitrogen and oxygen atoms in total. The Morgan fingerprint density at radius 1 is 1.42 bits per heavy atom. The van der Waals surface area contributed by atoms with E-state index in [2.05, 4.69) is 10.6 Å². The highest BCUT2D eigenvalue weighted by atomic mass is 16.5. The normalized spacial score (nSPS) is 17.6. The van der Waals surface area contributed by atoms with E-state index in [0.717, 1.165) is 25.7 Å². The number of carbonyl (C=O) groups is 2. The molecule has 6 heteroatoms. The first-order valence-electron chi connectivity index (χ1n) is 6.79. The zero-order valence-corrected chi connectivity index (χ0v) is 11.7. The second-order valence-corrected chi connectivity index (χ2v) is 5.25. The Hall–Kier alpha value is -1.30. The van der Waals surface area contributed by atoms with Crippen molar-refractivity contribution >= 4 is 12.0 Å². The lowest BCUT2D eigenvalue weighted by Gasteiger charge is -2.18. The van der Waals surface area contributed by atoms with Gasteiger partial charge in [-0.3, -0.25) is 0 Å². The van der Waals surface area contributed by atoms with Crippen LogP contribution in [0.4, 0.5) is 4.79 Å². The summed E-state index contributed by atoms with van der Waals surface area (Å²) in [6, 6.07) is -1.20. The highest BCUT2D eigenvalue weighted by Gasteiger charge is 2.42. The SMILES string of the molecule is CCCC(NC(=O)NCC1(CCOC)CC1)C(=O)O. The zero-order valence-electron chi connectivity index (χ0n) is 11.7. The molecule has 1 fully saturated rings. The number of carboxylic acid groups (broad SMARTS) is 1. The van der Waals surface area contributed by atoms with Crippen molar-refractivity contribution in [1.82, 2.24) is 10.6 Å². The van der Waals surface area contributed by atoms with Gasteiger partial charge in [-0.15, -0.1) is 0 Å². The first-order chi connectivity index (χ1) is 9.03. The monoisotopic (exact) mass is 272 g/mol. The lowest BCUT2D eigenvalue weighted by Crippen LogP contribution is -2.47. The van der Waals surface area contributed by atoms with Crippen molar-refractivity contribution in [3.8, 4) is 0 Å². The number of carboxylic acids is 1. The maximum atomic E-state index is 11.7. The van der Waals surface area contributed by atoms with Crippen LogP contribution >= 0.6 is 0 Å². The molecule has 1 aliphatic carbocycles. The maximum Gasteiger partial charge on any atom is 0.326 e. The van der Waals surface area contributed by atoms with Crippen molar-refractivity contribution in [2.45, 2.75) is 45.1 Å². The summed E-state index contributed by atoms with van der Waals surface area (Å²) in [6.45, 7) is 3.16. The van der Waals surface area contributed by atoms with Crippen LogP contribution in [0.2, 0.25) is 0 Å². The molecule has 0 aromatic carbocycles. The molecule has 3 N–H and O–H groups in total. The molecule has 1 aliphatic rings. The number of hydrogen-bond acceptors (Lipinski definition) is 3. The quantitative estimate of drug-likeness (QED) is 0.591. The van der Waals surface area contributed by atoms with Crippen molar-refractivity contribution in [3.63, 3.8) is 0 Å². The molecule has 1 atom stereocenters. The molecule has 0 saturated heterocycles. The van der Waals surface area contributed by atoms with Crippen LogP contribution in [-0.4, -0.2) is 43.4 Å². The van der Waals surface area contributed by atoms with Crippen LogP contribution in [0.25, 0.3) is 0 Å². The van der Waals surface area contributed by atoms with E-state index in [-0.39, 0.29) is 5.41 Å². The molecule has 1 rings (SSSR count). The van der Waals surface area contributed by atoms with Crippen LogP contribution < -0.4 is 10.6 Å². The largest absolute Gasteiger partial charge is 0.480 e. The Labute approximate surface area is 113 Å². The molecule has 19 heavy (non-hydrogen) atoms. The molecule has 0 radical (unpaired) electrons. The number of nitrogens with one attached hydrogen (secondary N) is 2. The van der Waals surface area contributed by atoms with Crippen molar-refractivity contribution < 1.29 is 19.4 Å². The third-order valence-corrected chi connectivity index (χ3v) is 3.60. The maximum absolute atomic E-state index is 11.7. The molecular formula is C13H24N2O4. The average molecular weight is 272 g/mol. The lowest BCUT2D eigenvalue weighted by molar-refractivity contribution is -0.139. The summed E-state index contributed by atoms with van der Waals surface area (Å²) in [4.78, 5) is 22.6. The Balaban J connectivity index is 2.29. The zero-order chi connectivity index (χ0) is 14.3. The molecule has 1 saturated carbocycles. The summed E-state index contributed by atoms with van der Waals surface area (Å²) in [7, 11) is 1.67. The van der Waals surface area contributed by atoms with E-state index < -0.39 is 18.0 Å². The summed E-state index contributed by atoms with van der Waals surface area (Å²) in [6.07, 6.45) is 4.27. The average Bonchev–Trinajstić information content (AvgIpc) is 3.14. The molecule has 0 heterocycles. The van der Waals surface area contributed by atoms with Gasteiger partial charge in [0.1, 0.15) is 6.04 Å². The number of hydrogen-bond donors (Lipinski definition) is 3. The van der Waals surface area contributed by atoms with E-state index in [0.29, 0.717) is 19.6 Å². The number of carbonyl (C=O) groups excluding carboxylic acids is 1. The molecule has 0 bridgehead atoms. The number of urea groups is 1. The van der Waals surface area contributed by atoms with E-state index in [4.69, 9.17) is 9.84 Å². The van der Waals surface area contributed by atoms with Crippen LogP contribution in [0.1, 0.15) is 39.0 Å². The summed E-state index contributed by atoms with van der Waals surface area (Å²) in [5.74, 6) is -0.988. The number of rotatable bonds is 9. The fourth-order valence-electron chi connectivity index (χ4n) is 2.03. The Bertz CT molecular complexity index is 316. The van der Waals surface area contributed by atoms with Crippen molar-refractivity contribution in [3.05, 3.63) is 0 Å². The highest BCUT2D eigenvalue weighted by Crippen LogP contribution is 2.48. The molecule has 0 spiro atoms.